The fraction of sp³-hybridized carbons (Fsp3) is 0.100. The molecular formula is C10H6Cl2FN. The van der Waals surface area contributed by atoms with E-state index in [4.69, 9.17) is 23.2 Å². The monoisotopic (exact) mass is 229 g/mol. The highest BCUT2D eigenvalue weighted by Crippen LogP contribution is 2.31. The molecule has 0 atom stereocenters. The van der Waals surface area contributed by atoms with E-state index < -0.39 is 0 Å². The number of hydrogen-bond donors (Lipinski definition) is 0. The van der Waals surface area contributed by atoms with Gasteiger partial charge in [0.2, 0.25) is 0 Å². The van der Waals surface area contributed by atoms with Crippen molar-refractivity contribution in [3.63, 3.8) is 0 Å². The number of aryl methyl sites for hydroxylation is 1. The molecule has 0 radical (unpaired) electrons. The van der Waals surface area contributed by atoms with Crippen molar-refractivity contribution < 1.29 is 4.39 Å². The summed E-state index contributed by atoms with van der Waals surface area (Å²) in [6, 6.07) is 4.42. The normalized spacial score (nSPS) is 10.9. The number of pyridine rings is 1. The highest BCUT2D eigenvalue weighted by Gasteiger charge is 2.09. The summed E-state index contributed by atoms with van der Waals surface area (Å²) in [6.07, 6.45) is 0. The molecular weight excluding hydrogens is 224 g/mol. The fourth-order valence-electron chi connectivity index (χ4n) is 1.37. The zero-order chi connectivity index (χ0) is 10.3. The molecule has 1 aromatic carbocycles. The van der Waals surface area contributed by atoms with Gasteiger partial charge >= 0.3 is 0 Å². The van der Waals surface area contributed by atoms with E-state index in [0.717, 1.165) is 0 Å². The summed E-state index contributed by atoms with van der Waals surface area (Å²) in [6.45, 7) is 1.76. The third-order valence-electron chi connectivity index (χ3n) is 1.98. The Hall–Kier alpha value is -0.860. The first-order chi connectivity index (χ1) is 6.59. The van der Waals surface area contributed by atoms with Crippen molar-refractivity contribution in [2.24, 2.45) is 0 Å². The molecule has 0 N–H and O–H groups in total. The van der Waals surface area contributed by atoms with E-state index in [0.29, 0.717) is 21.5 Å². The van der Waals surface area contributed by atoms with Crippen molar-refractivity contribution in [2.45, 2.75) is 6.92 Å². The molecule has 72 valence electrons. The Morgan fingerprint density at radius 1 is 1.29 bits per heavy atom. The molecule has 1 heterocycles. The molecule has 4 heteroatoms. The first kappa shape index (κ1) is 9.69. The number of aromatic nitrogens is 1. The lowest BCUT2D eigenvalue weighted by Gasteiger charge is -2.04. The lowest BCUT2D eigenvalue weighted by Crippen LogP contribution is -1.88. The van der Waals surface area contributed by atoms with Crippen molar-refractivity contribution in [3.05, 3.63) is 39.9 Å². The van der Waals surface area contributed by atoms with Crippen molar-refractivity contribution in [1.82, 2.24) is 4.98 Å². The lowest BCUT2D eigenvalue weighted by atomic mass is 10.1. The summed E-state index contributed by atoms with van der Waals surface area (Å²) in [5, 5.41) is 1.54. The molecule has 2 aromatic rings. The minimum absolute atomic E-state index is 0.240. The van der Waals surface area contributed by atoms with E-state index in [1.165, 1.54) is 12.1 Å². The van der Waals surface area contributed by atoms with Crippen LogP contribution in [0.25, 0.3) is 10.8 Å². The van der Waals surface area contributed by atoms with Crippen molar-refractivity contribution in [2.75, 3.05) is 0 Å². The summed E-state index contributed by atoms with van der Waals surface area (Å²) < 4.78 is 13.4. The van der Waals surface area contributed by atoms with Gasteiger partial charge in [-0.05, 0) is 25.1 Å². The number of nitrogens with zero attached hydrogens (tertiary/aromatic N) is 1. The first-order valence-corrected chi connectivity index (χ1v) is 4.76. The van der Waals surface area contributed by atoms with Gasteiger partial charge in [-0.25, -0.2) is 9.37 Å². The number of rotatable bonds is 0. The minimum Gasteiger partial charge on any atom is -0.241 e. The van der Waals surface area contributed by atoms with E-state index in [9.17, 15) is 4.39 Å². The summed E-state index contributed by atoms with van der Waals surface area (Å²) in [7, 11) is 0. The summed E-state index contributed by atoms with van der Waals surface area (Å²) >= 11 is 11.8. The van der Waals surface area contributed by atoms with Gasteiger partial charge in [0.15, 0.2) is 0 Å². The van der Waals surface area contributed by atoms with Gasteiger partial charge in [-0.3, -0.25) is 0 Å². The maximum atomic E-state index is 13.4. The van der Waals surface area contributed by atoms with E-state index in [-0.39, 0.29) is 11.0 Å². The highest BCUT2D eigenvalue weighted by molar-refractivity contribution is 6.41. The average Bonchev–Trinajstić information content (AvgIpc) is 2.10. The molecule has 2 rings (SSSR count). The number of hydrogen-bond acceptors (Lipinski definition) is 1. The Morgan fingerprint density at radius 2 is 2.00 bits per heavy atom. The SMILES string of the molecule is Cc1cc2c(F)ccc(Cl)c2c(Cl)n1. The zero-order valence-corrected chi connectivity index (χ0v) is 8.83. The maximum Gasteiger partial charge on any atom is 0.138 e. The van der Waals surface area contributed by atoms with Crippen LogP contribution in [-0.2, 0) is 0 Å². The predicted molar refractivity (Wildman–Crippen MR) is 56.5 cm³/mol. The quantitative estimate of drug-likeness (QED) is 0.623. The molecule has 0 unspecified atom stereocenters. The van der Waals surface area contributed by atoms with Gasteiger partial charge in [0, 0.05) is 16.5 Å². The average molecular weight is 230 g/mol. The Labute approximate surface area is 90.5 Å². The van der Waals surface area contributed by atoms with Crippen LogP contribution in [0.15, 0.2) is 18.2 Å². The zero-order valence-electron chi connectivity index (χ0n) is 7.31. The Balaban J connectivity index is 3.00. The summed E-state index contributed by atoms with van der Waals surface area (Å²) in [5.74, 6) is -0.336. The molecule has 1 nitrogen and oxygen atoms in total. The molecule has 0 fully saturated rings. The largest absolute Gasteiger partial charge is 0.241 e. The Bertz CT molecular complexity index is 511. The molecule has 0 aliphatic carbocycles. The molecule has 0 saturated heterocycles. The van der Waals surface area contributed by atoms with Crippen LogP contribution in [0.3, 0.4) is 0 Å². The molecule has 0 bridgehead atoms. The second kappa shape index (κ2) is 3.37. The van der Waals surface area contributed by atoms with Crippen molar-refractivity contribution in [1.29, 1.82) is 0 Å². The molecule has 0 aliphatic rings. The van der Waals surface area contributed by atoms with Gasteiger partial charge in [0.25, 0.3) is 0 Å². The standard InChI is InChI=1S/C10H6Cl2FN/c1-5-4-6-8(13)3-2-7(11)9(6)10(12)14-5/h2-4H,1H3. The predicted octanol–water partition coefficient (Wildman–Crippen LogP) is 3.99. The summed E-state index contributed by atoms with van der Waals surface area (Å²) in [4.78, 5) is 4.02. The van der Waals surface area contributed by atoms with E-state index in [2.05, 4.69) is 4.98 Å². The molecule has 0 aliphatic heterocycles. The van der Waals surface area contributed by atoms with Crippen LogP contribution in [-0.4, -0.2) is 4.98 Å². The summed E-state index contributed by atoms with van der Waals surface area (Å²) in [5.41, 5.74) is 0.670. The smallest absolute Gasteiger partial charge is 0.138 e. The number of benzene rings is 1. The van der Waals surface area contributed by atoms with E-state index in [1.54, 1.807) is 13.0 Å². The maximum absolute atomic E-state index is 13.4. The third kappa shape index (κ3) is 1.45. The van der Waals surface area contributed by atoms with Gasteiger partial charge in [0.1, 0.15) is 11.0 Å². The molecule has 0 saturated carbocycles. The number of fused-ring (bicyclic) bond motifs is 1. The van der Waals surface area contributed by atoms with Crippen LogP contribution in [0.2, 0.25) is 10.2 Å². The topological polar surface area (TPSA) is 12.9 Å². The van der Waals surface area contributed by atoms with Crippen molar-refractivity contribution >= 4 is 34.0 Å². The van der Waals surface area contributed by atoms with Crippen LogP contribution in [0.5, 0.6) is 0 Å². The number of halogens is 3. The van der Waals surface area contributed by atoms with Gasteiger partial charge < -0.3 is 0 Å². The Kier molecular flexibility index (Phi) is 2.33. The fourth-order valence-corrected chi connectivity index (χ4v) is 2.01. The Morgan fingerprint density at radius 3 is 2.71 bits per heavy atom. The molecule has 1 aromatic heterocycles. The van der Waals surface area contributed by atoms with Gasteiger partial charge in [-0.1, -0.05) is 23.2 Å². The second-order valence-electron chi connectivity index (χ2n) is 3.01. The third-order valence-corrected chi connectivity index (χ3v) is 2.56. The molecule has 14 heavy (non-hydrogen) atoms. The molecule has 0 spiro atoms. The van der Waals surface area contributed by atoms with Gasteiger partial charge in [0.05, 0.1) is 5.02 Å². The van der Waals surface area contributed by atoms with Crippen LogP contribution in [0, 0.1) is 12.7 Å². The van der Waals surface area contributed by atoms with Crippen LogP contribution >= 0.6 is 23.2 Å². The highest BCUT2D eigenvalue weighted by atomic mass is 35.5. The second-order valence-corrected chi connectivity index (χ2v) is 3.77. The van der Waals surface area contributed by atoms with Crippen LogP contribution in [0.4, 0.5) is 4.39 Å². The minimum atomic E-state index is -0.336. The van der Waals surface area contributed by atoms with Crippen LogP contribution < -0.4 is 0 Å². The van der Waals surface area contributed by atoms with Gasteiger partial charge in [-0.15, -0.1) is 0 Å². The first-order valence-electron chi connectivity index (χ1n) is 4.00. The molecule has 0 amide bonds. The van der Waals surface area contributed by atoms with E-state index in [1.807, 2.05) is 0 Å². The van der Waals surface area contributed by atoms with Crippen LogP contribution in [0.1, 0.15) is 5.69 Å². The van der Waals surface area contributed by atoms with Gasteiger partial charge in [-0.2, -0.15) is 0 Å². The van der Waals surface area contributed by atoms with Crippen molar-refractivity contribution in [3.8, 4) is 0 Å². The van der Waals surface area contributed by atoms with E-state index >= 15 is 0 Å². The lowest BCUT2D eigenvalue weighted by molar-refractivity contribution is 0.639.